The van der Waals surface area contributed by atoms with Crippen LogP contribution in [0, 0.1) is 28.6 Å². The molecule has 0 spiro atoms. The lowest BCUT2D eigenvalue weighted by Gasteiger charge is -2.59. The summed E-state index contributed by atoms with van der Waals surface area (Å²) in [4.78, 5) is 37.7. The van der Waals surface area contributed by atoms with Gasteiger partial charge in [0.15, 0.2) is 11.4 Å². The fraction of sp³-hybridized carbons (Fsp3) is 0.708. The van der Waals surface area contributed by atoms with Crippen molar-refractivity contribution in [3.05, 3.63) is 23.8 Å². The molecule has 4 aliphatic rings. The number of allylic oxidation sites excluding steroid dienone is 4. The molecule has 0 aliphatic heterocycles. The third-order valence-corrected chi connectivity index (χ3v) is 9.74. The second-order valence-corrected chi connectivity index (χ2v) is 11.5. The Kier molecular flexibility index (Phi) is 5.98. The summed E-state index contributed by atoms with van der Waals surface area (Å²) in [5.74, 6) is -0.0735. The molecule has 4 rings (SSSR count). The summed E-state index contributed by atoms with van der Waals surface area (Å²) < 4.78 is 5.96. The average Bonchev–Trinajstić information content (AvgIpc) is 3.01. The van der Waals surface area contributed by atoms with Gasteiger partial charge in [0.05, 0.1) is 11.3 Å². The monoisotopic (exact) mass is 466 g/mol. The van der Waals surface area contributed by atoms with Crippen molar-refractivity contribution in [1.29, 1.82) is 0 Å². The fourth-order valence-corrected chi connectivity index (χ4v) is 8.30. The molecule has 7 heteroatoms. The third-order valence-electron chi connectivity index (χ3n) is 8.71. The van der Waals surface area contributed by atoms with Crippen LogP contribution in [0.2, 0.25) is 0 Å². The summed E-state index contributed by atoms with van der Waals surface area (Å²) in [6.45, 7) is 5.87. The minimum Gasteiger partial charge on any atom is -0.449 e. The Bertz CT molecular complexity index is 868. The maximum atomic E-state index is 13.3. The molecule has 31 heavy (non-hydrogen) atoms. The van der Waals surface area contributed by atoms with Crippen LogP contribution in [0.15, 0.2) is 23.8 Å². The van der Waals surface area contributed by atoms with Crippen molar-refractivity contribution in [2.24, 2.45) is 28.6 Å². The minimum atomic E-state index is -1.26. The van der Waals surface area contributed by atoms with Gasteiger partial charge in [0.2, 0.25) is 5.12 Å². The number of fused-ring (bicyclic) bond motifs is 5. The minimum absolute atomic E-state index is 0.0103. The number of ether oxygens (including phenoxy) is 1. The zero-order valence-corrected chi connectivity index (χ0v) is 19.9. The number of alkyl halides is 1. The van der Waals surface area contributed by atoms with E-state index in [0.29, 0.717) is 12.8 Å². The first kappa shape index (κ1) is 23.1. The van der Waals surface area contributed by atoms with Gasteiger partial charge in [-0.25, -0.2) is 0 Å². The van der Waals surface area contributed by atoms with Crippen LogP contribution in [0.4, 0.5) is 0 Å². The lowest BCUT2D eigenvalue weighted by molar-refractivity contribution is -0.194. The molecular formula is C24H31ClO5S. The summed E-state index contributed by atoms with van der Waals surface area (Å²) in [6.07, 6.45) is 8.15. The standard InChI is InChI=1S/C24H31ClO5S/c1-4-19(28)30-24(21(29)31-13-25)10-8-17-16-6-5-14-11-15(26)7-9-22(14,2)20(16)18(27)12-23(17,24)3/h7,9,11,16-18,20,27H,4-6,8,10,12-13H2,1-3H3/t16?,17?,18?,20?,22?,23?,24-/m0/s1. The SMILES string of the molecule is CCC(=O)O[C@]1(C(=O)SCCl)CCC2C3CCC4=CC(=O)C=CC4(C)C3C(O)CC21C. The van der Waals surface area contributed by atoms with E-state index >= 15 is 0 Å². The van der Waals surface area contributed by atoms with E-state index in [9.17, 15) is 19.5 Å². The van der Waals surface area contributed by atoms with E-state index in [1.165, 1.54) is 0 Å². The first-order valence-electron chi connectivity index (χ1n) is 11.2. The molecule has 3 saturated carbocycles. The van der Waals surface area contributed by atoms with E-state index in [-0.39, 0.29) is 45.7 Å². The molecule has 0 aromatic carbocycles. The Morgan fingerprint density at radius 3 is 2.74 bits per heavy atom. The van der Waals surface area contributed by atoms with Crippen LogP contribution in [0.5, 0.6) is 0 Å². The van der Waals surface area contributed by atoms with Crippen LogP contribution in [0.25, 0.3) is 0 Å². The molecule has 6 unspecified atom stereocenters. The second-order valence-electron chi connectivity index (χ2n) is 9.95. The molecule has 0 radical (unpaired) electrons. The van der Waals surface area contributed by atoms with Crippen LogP contribution in [-0.4, -0.2) is 38.9 Å². The third kappa shape index (κ3) is 3.27. The van der Waals surface area contributed by atoms with Crippen LogP contribution < -0.4 is 0 Å². The number of aliphatic hydroxyl groups excluding tert-OH is 1. The molecule has 7 atom stereocenters. The summed E-state index contributed by atoms with van der Waals surface area (Å²) >= 11 is 6.88. The highest BCUT2D eigenvalue weighted by atomic mass is 35.5. The van der Waals surface area contributed by atoms with Crippen LogP contribution >= 0.6 is 23.4 Å². The van der Waals surface area contributed by atoms with Crippen LogP contribution in [0.3, 0.4) is 0 Å². The zero-order valence-electron chi connectivity index (χ0n) is 18.4. The number of halogens is 1. The van der Waals surface area contributed by atoms with Crippen molar-refractivity contribution in [2.45, 2.75) is 71.0 Å². The molecule has 0 saturated heterocycles. The van der Waals surface area contributed by atoms with E-state index in [1.54, 1.807) is 19.1 Å². The van der Waals surface area contributed by atoms with E-state index < -0.39 is 23.1 Å². The molecule has 0 heterocycles. The van der Waals surface area contributed by atoms with Crippen molar-refractivity contribution in [1.82, 2.24) is 0 Å². The molecule has 0 bridgehead atoms. The van der Waals surface area contributed by atoms with Gasteiger partial charge in [0, 0.05) is 23.2 Å². The molecule has 0 aromatic heterocycles. The Morgan fingerprint density at radius 1 is 1.32 bits per heavy atom. The quantitative estimate of drug-likeness (QED) is 0.488. The molecule has 4 aliphatic carbocycles. The van der Waals surface area contributed by atoms with Crippen molar-refractivity contribution in [2.75, 3.05) is 5.21 Å². The average molecular weight is 467 g/mol. The Labute approximate surface area is 193 Å². The number of carbonyl (C=O) groups excluding carboxylic acids is 3. The highest BCUT2D eigenvalue weighted by Gasteiger charge is 2.70. The lowest BCUT2D eigenvalue weighted by Crippen LogP contribution is -2.62. The molecule has 3 fully saturated rings. The Morgan fingerprint density at radius 2 is 2.06 bits per heavy atom. The number of rotatable bonds is 4. The van der Waals surface area contributed by atoms with Gasteiger partial charge in [-0.3, -0.25) is 14.4 Å². The van der Waals surface area contributed by atoms with Gasteiger partial charge in [0.25, 0.3) is 0 Å². The van der Waals surface area contributed by atoms with Gasteiger partial charge in [-0.1, -0.05) is 44.2 Å². The van der Waals surface area contributed by atoms with Crippen LogP contribution in [0.1, 0.15) is 59.3 Å². The van der Waals surface area contributed by atoms with Crippen molar-refractivity contribution >= 4 is 40.2 Å². The van der Waals surface area contributed by atoms with E-state index in [2.05, 4.69) is 6.92 Å². The maximum absolute atomic E-state index is 13.3. The number of carbonyl (C=O) groups is 3. The Hall–Kier alpha value is -1.11. The van der Waals surface area contributed by atoms with Gasteiger partial charge in [-0.2, -0.15) is 0 Å². The topological polar surface area (TPSA) is 80.7 Å². The number of aliphatic hydroxyl groups is 1. The first-order valence-corrected chi connectivity index (χ1v) is 12.7. The highest BCUT2D eigenvalue weighted by Crippen LogP contribution is 2.68. The Balaban J connectivity index is 1.75. The fourth-order valence-electron chi connectivity index (χ4n) is 7.29. The van der Waals surface area contributed by atoms with Crippen molar-refractivity contribution in [3.63, 3.8) is 0 Å². The molecule has 170 valence electrons. The predicted octanol–water partition coefficient (Wildman–Crippen LogP) is 4.41. The van der Waals surface area contributed by atoms with Crippen molar-refractivity contribution in [3.8, 4) is 0 Å². The number of ketones is 1. The van der Waals surface area contributed by atoms with Gasteiger partial charge < -0.3 is 9.84 Å². The normalized spacial score (nSPS) is 43.5. The van der Waals surface area contributed by atoms with E-state index in [1.807, 2.05) is 13.0 Å². The van der Waals surface area contributed by atoms with E-state index in [0.717, 1.165) is 36.6 Å². The second kappa shape index (κ2) is 8.03. The highest BCUT2D eigenvalue weighted by molar-refractivity contribution is 8.14. The maximum Gasteiger partial charge on any atom is 0.306 e. The molecule has 1 N–H and O–H groups in total. The summed E-state index contributed by atoms with van der Waals surface area (Å²) in [5.41, 5.74) is -1.18. The van der Waals surface area contributed by atoms with Gasteiger partial charge >= 0.3 is 5.97 Å². The summed E-state index contributed by atoms with van der Waals surface area (Å²) in [6, 6.07) is 0. The van der Waals surface area contributed by atoms with Gasteiger partial charge in [-0.05, 0) is 56.1 Å². The smallest absolute Gasteiger partial charge is 0.306 e. The predicted molar refractivity (Wildman–Crippen MR) is 120 cm³/mol. The summed E-state index contributed by atoms with van der Waals surface area (Å²) in [5, 5.41) is 11.4. The molecule has 5 nitrogen and oxygen atoms in total. The largest absolute Gasteiger partial charge is 0.449 e. The number of thioether (sulfide) groups is 1. The first-order chi connectivity index (χ1) is 14.6. The lowest BCUT2D eigenvalue weighted by atomic mass is 9.46. The molecule has 0 aromatic rings. The van der Waals surface area contributed by atoms with Gasteiger partial charge in [0.1, 0.15) is 0 Å². The van der Waals surface area contributed by atoms with E-state index in [4.69, 9.17) is 16.3 Å². The number of hydrogen-bond donors (Lipinski definition) is 1. The summed E-state index contributed by atoms with van der Waals surface area (Å²) in [7, 11) is 0. The number of hydrogen-bond acceptors (Lipinski definition) is 6. The van der Waals surface area contributed by atoms with Crippen molar-refractivity contribution < 1.29 is 24.2 Å². The number of esters is 1. The van der Waals surface area contributed by atoms with Gasteiger partial charge in [-0.15, -0.1) is 11.6 Å². The van der Waals surface area contributed by atoms with Crippen LogP contribution in [-0.2, 0) is 19.1 Å². The molecule has 0 amide bonds. The molecular weight excluding hydrogens is 436 g/mol. The zero-order chi connectivity index (χ0) is 22.6.